The van der Waals surface area contributed by atoms with Crippen LogP contribution in [-0.2, 0) is 0 Å². The fraction of sp³-hybridized carbons (Fsp3) is 0. The molecule has 7 aromatic rings. The topological polar surface area (TPSA) is 28.9 Å². The summed E-state index contributed by atoms with van der Waals surface area (Å²) in [5.74, 6) is 0. The number of benzene rings is 4. The van der Waals surface area contributed by atoms with E-state index in [2.05, 4.69) is 71.7 Å². The predicted molar refractivity (Wildman–Crippen MR) is 116 cm³/mol. The van der Waals surface area contributed by atoms with E-state index < -0.39 is 0 Å². The van der Waals surface area contributed by atoms with Crippen molar-refractivity contribution in [1.82, 2.24) is 4.98 Å². The summed E-state index contributed by atoms with van der Waals surface area (Å²) in [5, 5.41) is 7.58. The van der Waals surface area contributed by atoms with Crippen molar-refractivity contribution in [2.45, 2.75) is 0 Å². The molecule has 0 aliphatic carbocycles. The van der Waals surface area contributed by atoms with Crippen molar-refractivity contribution in [2.75, 3.05) is 0 Å². The van der Waals surface area contributed by atoms with Crippen LogP contribution in [0, 0.1) is 0 Å². The van der Waals surface area contributed by atoms with Gasteiger partial charge < -0.3 is 9.40 Å². The van der Waals surface area contributed by atoms with Crippen LogP contribution in [0.4, 0.5) is 0 Å². The lowest BCUT2D eigenvalue weighted by atomic mass is 10.0. The maximum atomic E-state index is 6.37. The van der Waals surface area contributed by atoms with Crippen LogP contribution in [0.2, 0.25) is 0 Å². The van der Waals surface area contributed by atoms with Crippen LogP contribution in [0.3, 0.4) is 0 Å². The first kappa shape index (κ1) is 13.8. The normalized spacial score (nSPS) is 12.4. The zero-order valence-corrected chi connectivity index (χ0v) is 15.1. The Labute approximate surface area is 157 Å². The molecule has 0 saturated heterocycles. The van der Waals surface area contributed by atoms with Gasteiger partial charge in [0.2, 0.25) is 0 Å². The lowest BCUT2D eigenvalue weighted by Gasteiger charge is -1.99. The average Bonchev–Trinajstić information content (AvgIpc) is 3.38. The Kier molecular flexibility index (Phi) is 2.41. The van der Waals surface area contributed by atoms with E-state index in [1.807, 2.05) is 17.4 Å². The van der Waals surface area contributed by atoms with E-state index in [0.29, 0.717) is 0 Å². The molecule has 0 bridgehead atoms. The smallest absolute Gasteiger partial charge is 0.160 e. The highest BCUT2D eigenvalue weighted by atomic mass is 32.1. The molecule has 3 heterocycles. The second-order valence-corrected chi connectivity index (χ2v) is 8.08. The van der Waals surface area contributed by atoms with Crippen molar-refractivity contribution in [3.8, 4) is 0 Å². The van der Waals surface area contributed by atoms with Crippen LogP contribution in [0.5, 0.6) is 0 Å². The largest absolute Gasteiger partial charge is 0.454 e. The first-order valence-electron chi connectivity index (χ1n) is 9.05. The molecule has 1 N–H and O–H groups in total. The number of furan rings is 1. The molecule has 0 saturated carbocycles. The lowest BCUT2D eigenvalue weighted by molar-refractivity contribution is 0.672. The number of para-hydroxylation sites is 2. The molecule has 0 radical (unpaired) electrons. The summed E-state index contributed by atoms with van der Waals surface area (Å²) in [6.07, 6.45) is 0. The van der Waals surface area contributed by atoms with E-state index >= 15 is 0 Å². The number of thiophene rings is 1. The Bertz CT molecular complexity index is 1680. The van der Waals surface area contributed by atoms with E-state index in [0.717, 1.165) is 22.2 Å². The molecule has 0 fully saturated rings. The fourth-order valence-corrected chi connectivity index (χ4v) is 5.75. The predicted octanol–water partition coefficient (Wildman–Crippen LogP) is 7.59. The van der Waals surface area contributed by atoms with Crippen LogP contribution < -0.4 is 0 Å². The summed E-state index contributed by atoms with van der Waals surface area (Å²) >= 11 is 1.86. The molecular formula is C24H13NOS. The maximum Gasteiger partial charge on any atom is 0.160 e. The quantitative estimate of drug-likeness (QED) is 0.295. The molecule has 126 valence electrons. The number of aromatic nitrogens is 1. The summed E-state index contributed by atoms with van der Waals surface area (Å²) in [6.45, 7) is 0. The SMILES string of the molecule is c1ccc2c(c1)[nH]c1c3oc4ccccc4c3c3sc4ccccc4c3c21. The zero-order chi connectivity index (χ0) is 17.5. The van der Waals surface area contributed by atoms with Crippen LogP contribution in [0.15, 0.2) is 77.2 Å². The molecule has 2 nitrogen and oxygen atoms in total. The summed E-state index contributed by atoms with van der Waals surface area (Å²) in [7, 11) is 0. The molecule has 0 aliphatic heterocycles. The van der Waals surface area contributed by atoms with Gasteiger partial charge in [0.1, 0.15) is 5.58 Å². The Morgan fingerprint density at radius 2 is 1.41 bits per heavy atom. The van der Waals surface area contributed by atoms with Gasteiger partial charge in [0.05, 0.1) is 5.52 Å². The van der Waals surface area contributed by atoms with Crippen molar-refractivity contribution in [2.24, 2.45) is 0 Å². The van der Waals surface area contributed by atoms with Crippen LogP contribution >= 0.6 is 11.3 Å². The van der Waals surface area contributed by atoms with Gasteiger partial charge in [-0.3, -0.25) is 0 Å². The third-order valence-electron chi connectivity index (χ3n) is 5.60. The van der Waals surface area contributed by atoms with Crippen molar-refractivity contribution >= 4 is 75.3 Å². The number of fused-ring (bicyclic) bond motifs is 12. The van der Waals surface area contributed by atoms with Crippen molar-refractivity contribution in [3.05, 3.63) is 72.8 Å². The van der Waals surface area contributed by atoms with Gasteiger partial charge in [0, 0.05) is 47.2 Å². The molecule has 0 aliphatic rings. The molecule has 4 aromatic carbocycles. The molecule has 0 atom stereocenters. The van der Waals surface area contributed by atoms with E-state index in [1.54, 1.807) is 0 Å². The van der Waals surface area contributed by atoms with Crippen molar-refractivity contribution in [1.29, 1.82) is 0 Å². The Balaban J connectivity index is 1.96. The van der Waals surface area contributed by atoms with Crippen LogP contribution in [-0.4, -0.2) is 4.98 Å². The summed E-state index contributed by atoms with van der Waals surface area (Å²) in [5.41, 5.74) is 4.15. The number of hydrogen-bond acceptors (Lipinski definition) is 2. The Hall–Kier alpha value is -3.30. The second kappa shape index (κ2) is 4.70. The van der Waals surface area contributed by atoms with E-state index in [4.69, 9.17) is 4.42 Å². The maximum absolute atomic E-state index is 6.37. The minimum absolute atomic E-state index is 0.942. The molecule has 3 aromatic heterocycles. The summed E-state index contributed by atoms with van der Waals surface area (Å²) in [6, 6.07) is 25.6. The van der Waals surface area contributed by atoms with Gasteiger partial charge >= 0.3 is 0 Å². The number of hydrogen-bond donors (Lipinski definition) is 1. The Morgan fingerprint density at radius 3 is 2.33 bits per heavy atom. The lowest BCUT2D eigenvalue weighted by Crippen LogP contribution is -1.74. The third-order valence-corrected chi connectivity index (χ3v) is 6.79. The minimum Gasteiger partial charge on any atom is -0.454 e. The van der Waals surface area contributed by atoms with E-state index in [1.165, 1.54) is 41.7 Å². The summed E-state index contributed by atoms with van der Waals surface area (Å²) in [4.78, 5) is 3.64. The molecule has 3 heteroatoms. The fourth-order valence-electron chi connectivity index (χ4n) is 4.49. The number of aromatic amines is 1. The first-order valence-corrected chi connectivity index (χ1v) is 9.87. The number of nitrogens with one attached hydrogen (secondary N) is 1. The number of H-pyrrole nitrogens is 1. The number of rotatable bonds is 0. The monoisotopic (exact) mass is 363 g/mol. The highest BCUT2D eigenvalue weighted by Gasteiger charge is 2.21. The molecule has 7 rings (SSSR count). The van der Waals surface area contributed by atoms with Gasteiger partial charge in [-0.1, -0.05) is 54.6 Å². The molecule has 0 unspecified atom stereocenters. The van der Waals surface area contributed by atoms with Crippen LogP contribution in [0.25, 0.3) is 63.9 Å². The summed E-state index contributed by atoms with van der Waals surface area (Å²) < 4.78 is 9.00. The highest BCUT2D eigenvalue weighted by molar-refractivity contribution is 7.27. The standard InChI is InChI=1S/C24H13NOS/c1-4-10-16-13(7-1)19-20-15-9-3-6-12-18(15)27-24(20)21-14-8-2-5-11-17(14)26-23(21)22(19)25-16/h1-12,25H. The molecule has 0 spiro atoms. The highest BCUT2D eigenvalue weighted by Crippen LogP contribution is 2.48. The van der Waals surface area contributed by atoms with E-state index in [9.17, 15) is 0 Å². The van der Waals surface area contributed by atoms with E-state index in [-0.39, 0.29) is 0 Å². The van der Waals surface area contributed by atoms with Gasteiger partial charge in [-0.05, 0) is 18.2 Å². The van der Waals surface area contributed by atoms with Crippen LogP contribution in [0.1, 0.15) is 0 Å². The minimum atomic E-state index is 0.942. The molecular weight excluding hydrogens is 350 g/mol. The van der Waals surface area contributed by atoms with Gasteiger partial charge in [-0.25, -0.2) is 0 Å². The first-order chi connectivity index (χ1) is 13.4. The zero-order valence-electron chi connectivity index (χ0n) is 14.2. The van der Waals surface area contributed by atoms with Gasteiger partial charge in [0.15, 0.2) is 5.58 Å². The Morgan fingerprint density at radius 1 is 0.667 bits per heavy atom. The third kappa shape index (κ3) is 1.61. The average molecular weight is 363 g/mol. The van der Waals surface area contributed by atoms with Crippen molar-refractivity contribution in [3.63, 3.8) is 0 Å². The van der Waals surface area contributed by atoms with Gasteiger partial charge in [-0.2, -0.15) is 0 Å². The van der Waals surface area contributed by atoms with Crippen molar-refractivity contribution < 1.29 is 4.42 Å². The van der Waals surface area contributed by atoms with Gasteiger partial charge in [-0.15, -0.1) is 11.3 Å². The second-order valence-electron chi connectivity index (χ2n) is 7.03. The van der Waals surface area contributed by atoms with Gasteiger partial charge in [0.25, 0.3) is 0 Å². The molecule has 27 heavy (non-hydrogen) atoms. The molecule has 0 amide bonds.